The summed E-state index contributed by atoms with van der Waals surface area (Å²) in [5, 5.41) is 11.8. The highest BCUT2D eigenvalue weighted by atomic mass is 19.4. The van der Waals surface area contributed by atoms with Gasteiger partial charge in [-0.05, 0) is 24.8 Å². The quantitative estimate of drug-likeness (QED) is 0.805. The predicted octanol–water partition coefficient (Wildman–Crippen LogP) is 2.47. The Hall–Kier alpha value is -2.69. The second-order valence-corrected chi connectivity index (χ2v) is 7.06. The number of rotatable bonds is 5. The van der Waals surface area contributed by atoms with Crippen molar-refractivity contribution >= 4 is 11.9 Å². The molecule has 2 aliphatic rings. The van der Waals surface area contributed by atoms with Gasteiger partial charge in [0.05, 0.1) is 25.0 Å². The van der Waals surface area contributed by atoms with Crippen LogP contribution < -0.4 is 4.90 Å². The molecule has 11 heteroatoms. The Morgan fingerprint density at radius 2 is 1.97 bits per heavy atom. The summed E-state index contributed by atoms with van der Waals surface area (Å²) in [6, 6.07) is 1.85. The van der Waals surface area contributed by atoms with E-state index in [4.69, 9.17) is 14.6 Å². The van der Waals surface area contributed by atoms with Gasteiger partial charge in [-0.25, -0.2) is 14.8 Å². The standard InChI is InChI=1S/C16H21N5O.C2HF3O2/c1-22-11-13-9-20(16-17-5-2-6-18-16)10-15-14(13)7-19-21(15)8-12-3-4-12;3-2(4,5)1(6)7/h2,5-7,12-13H,3-4,8-11H2,1H3;(H,6,7). The lowest BCUT2D eigenvalue weighted by atomic mass is 9.95. The number of halogens is 3. The van der Waals surface area contributed by atoms with Gasteiger partial charge in [-0.15, -0.1) is 0 Å². The number of methoxy groups -OCH3 is 1. The Labute approximate surface area is 165 Å². The van der Waals surface area contributed by atoms with Crippen LogP contribution in [0.25, 0.3) is 0 Å². The number of aromatic nitrogens is 4. The number of hydrogen-bond acceptors (Lipinski definition) is 6. The average Bonchev–Trinajstić information content (AvgIpc) is 3.41. The Bertz CT molecular complexity index is 824. The number of fused-ring (bicyclic) bond motifs is 1. The van der Waals surface area contributed by atoms with Crippen molar-refractivity contribution in [2.75, 3.05) is 25.2 Å². The number of anilines is 1. The van der Waals surface area contributed by atoms with E-state index in [0.717, 1.165) is 31.5 Å². The van der Waals surface area contributed by atoms with Crippen LogP contribution in [0.3, 0.4) is 0 Å². The van der Waals surface area contributed by atoms with Gasteiger partial charge in [-0.2, -0.15) is 18.3 Å². The molecule has 1 fully saturated rings. The monoisotopic (exact) mass is 413 g/mol. The molecule has 4 rings (SSSR count). The first-order chi connectivity index (χ1) is 13.8. The van der Waals surface area contributed by atoms with E-state index in [1.807, 2.05) is 12.3 Å². The molecule has 0 radical (unpaired) electrons. The van der Waals surface area contributed by atoms with Crippen LogP contribution >= 0.6 is 0 Å². The van der Waals surface area contributed by atoms with Gasteiger partial charge < -0.3 is 14.7 Å². The number of ether oxygens (including phenoxy) is 1. The van der Waals surface area contributed by atoms with Crippen LogP contribution in [0, 0.1) is 5.92 Å². The smallest absolute Gasteiger partial charge is 0.475 e. The lowest BCUT2D eigenvalue weighted by Crippen LogP contribution is -2.37. The molecule has 1 atom stereocenters. The molecule has 0 saturated heterocycles. The summed E-state index contributed by atoms with van der Waals surface area (Å²) in [7, 11) is 1.76. The fraction of sp³-hybridized carbons (Fsp3) is 0.556. The summed E-state index contributed by atoms with van der Waals surface area (Å²) in [5.74, 6) is -0.834. The highest BCUT2D eigenvalue weighted by molar-refractivity contribution is 5.73. The first kappa shape index (κ1) is 21.0. The fourth-order valence-electron chi connectivity index (χ4n) is 3.20. The molecule has 0 amide bonds. The van der Waals surface area contributed by atoms with Gasteiger partial charge in [-0.1, -0.05) is 0 Å². The third-order valence-corrected chi connectivity index (χ3v) is 4.78. The Morgan fingerprint density at radius 3 is 2.52 bits per heavy atom. The summed E-state index contributed by atoms with van der Waals surface area (Å²) in [6.45, 7) is 3.44. The number of aliphatic carboxylic acids is 1. The maximum atomic E-state index is 10.6. The molecule has 8 nitrogen and oxygen atoms in total. The van der Waals surface area contributed by atoms with Crippen molar-refractivity contribution < 1.29 is 27.8 Å². The number of alkyl halides is 3. The van der Waals surface area contributed by atoms with Crippen LogP contribution in [-0.2, 0) is 22.6 Å². The van der Waals surface area contributed by atoms with E-state index in [-0.39, 0.29) is 0 Å². The number of hydrogen-bond donors (Lipinski definition) is 1. The van der Waals surface area contributed by atoms with Crippen molar-refractivity contribution in [3.05, 3.63) is 35.9 Å². The second kappa shape index (κ2) is 8.76. The third kappa shape index (κ3) is 5.43. The Balaban J connectivity index is 0.000000298. The lowest BCUT2D eigenvalue weighted by Gasteiger charge is -2.33. The van der Waals surface area contributed by atoms with Crippen molar-refractivity contribution in [1.82, 2.24) is 19.7 Å². The molecule has 29 heavy (non-hydrogen) atoms. The summed E-state index contributed by atoms with van der Waals surface area (Å²) in [6.07, 6.45) is 3.21. The first-order valence-corrected chi connectivity index (χ1v) is 9.15. The number of carboxylic acid groups (broad SMARTS) is 1. The molecule has 0 aromatic carbocycles. The topological polar surface area (TPSA) is 93.4 Å². The van der Waals surface area contributed by atoms with Crippen LogP contribution in [0.1, 0.15) is 30.0 Å². The van der Waals surface area contributed by atoms with Crippen LogP contribution in [0.2, 0.25) is 0 Å². The molecule has 0 spiro atoms. The van der Waals surface area contributed by atoms with Gasteiger partial charge in [0.25, 0.3) is 0 Å². The third-order valence-electron chi connectivity index (χ3n) is 4.78. The summed E-state index contributed by atoms with van der Waals surface area (Å²) in [5.41, 5.74) is 2.63. The normalized spacial score (nSPS) is 18.6. The highest BCUT2D eigenvalue weighted by Gasteiger charge is 2.38. The minimum absolute atomic E-state index is 0.325. The van der Waals surface area contributed by atoms with Crippen LogP contribution in [-0.4, -0.2) is 57.3 Å². The predicted molar refractivity (Wildman–Crippen MR) is 96.3 cm³/mol. The minimum Gasteiger partial charge on any atom is -0.475 e. The van der Waals surface area contributed by atoms with Crippen molar-refractivity contribution in [1.29, 1.82) is 0 Å². The van der Waals surface area contributed by atoms with E-state index < -0.39 is 12.1 Å². The lowest BCUT2D eigenvalue weighted by molar-refractivity contribution is -0.192. The molecule has 1 aliphatic carbocycles. The SMILES string of the molecule is COCC1CN(c2ncccn2)Cc2c1cnn2CC1CC1.O=C(O)C(F)(F)F. The van der Waals surface area contributed by atoms with E-state index in [1.165, 1.54) is 24.1 Å². The minimum atomic E-state index is -5.08. The highest BCUT2D eigenvalue weighted by Crippen LogP contribution is 2.34. The zero-order valence-corrected chi connectivity index (χ0v) is 15.8. The first-order valence-electron chi connectivity index (χ1n) is 9.15. The summed E-state index contributed by atoms with van der Waals surface area (Å²) < 4.78 is 39.3. The number of nitrogens with zero attached hydrogens (tertiary/aromatic N) is 5. The van der Waals surface area contributed by atoms with Crippen molar-refractivity contribution in [3.63, 3.8) is 0 Å². The van der Waals surface area contributed by atoms with Crippen molar-refractivity contribution in [3.8, 4) is 0 Å². The average molecular weight is 413 g/mol. The molecule has 3 heterocycles. The Kier molecular flexibility index (Phi) is 6.36. The Morgan fingerprint density at radius 1 is 1.31 bits per heavy atom. The van der Waals surface area contributed by atoms with Gasteiger partial charge in [-0.3, -0.25) is 4.68 Å². The van der Waals surface area contributed by atoms with Gasteiger partial charge in [0.2, 0.25) is 5.95 Å². The van der Waals surface area contributed by atoms with Crippen molar-refractivity contribution in [2.24, 2.45) is 5.92 Å². The van der Waals surface area contributed by atoms with E-state index >= 15 is 0 Å². The zero-order chi connectivity index (χ0) is 21.0. The van der Waals surface area contributed by atoms with Crippen LogP contribution in [0.4, 0.5) is 19.1 Å². The molecule has 2 aromatic rings. The van der Waals surface area contributed by atoms with Gasteiger partial charge in [0.15, 0.2) is 0 Å². The molecule has 0 bridgehead atoms. The molecule has 1 unspecified atom stereocenters. The van der Waals surface area contributed by atoms with E-state index in [0.29, 0.717) is 12.5 Å². The van der Waals surface area contributed by atoms with Gasteiger partial charge >= 0.3 is 12.1 Å². The number of carbonyl (C=O) groups is 1. The summed E-state index contributed by atoms with van der Waals surface area (Å²) >= 11 is 0. The van der Waals surface area contributed by atoms with Crippen LogP contribution in [0.5, 0.6) is 0 Å². The molecule has 2 aromatic heterocycles. The molecular formula is C18H22F3N5O3. The molecular weight excluding hydrogens is 391 g/mol. The fourth-order valence-corrected chi connectivity index (χ4v) is 3.20. The molecule has 1 aliphatic heterocycles. The molecule has 1 N–H and O–H groups in total. The van der Waals surface area contributed by atoms with Crippen molar-refractivity contribution in [2.45, 2.75) is 38.0 Å². The maximum absolute atomic E-state index is 10.6. The van der Waals surface area contributed by atoms with E-state index in [9.17, 15) is 13.2 Å². The van der Waals surface area contributed by atoms with E-state index in [2.05, 4.69) is 24.6 Å². The zero-order valence-electron chi connectivity index (χ0n) is 15.8. The van der Waals surface area contributed by atoms with E-state index in [1.54, 1.807) is 19.5 Å². The van der Waals surface area contributed by atoms with Gasteiger partial charge in [0, 0.05) is 44.1 Å². The molecule has 1 saturated carbocycles. The summed E-state index contributed by atoms with van der Waals surface area (Å²) in [4.78, 5) is 19.9. The molecule has 158 valence electrons. The van der Waals surface area contributed by atoms with Gasteiger partial charge in [0.1, 0.15) is 0 Å². The second-order valence-electron chi connectivity index (χ2n) is 7.06. The maximum Gasteiger partial charge on any atom is 0.490 e. The number of carboxylic acids is 1. The van der Waals surface area contributed by atoms with Crippen LogP contribution in [0.15, 0.2) is 24.7 Å². The largest absolute Gasteiger partial charge is 0.490 e.